The van der Waals surface area contributed by atoms with E-state index in [1.54, 1.807) is 66.7 Å². The van der Waals surface area contributed by atoms with Gasteiger partial charge in [-0.05, 0) is 79.7 Å². The second-order valence-corrected chi connectivity index (χ2v) is 13.0. The number of thioether (sulfide) groups is 1. The average Bonchev–Trinajstić information content (AvgIpc) is 3.58. The third kappa shape index (κ3) is 8.36. The number of benzene rings is 4. The van der Waals surface area contributed by atoms with Crippen LogP contribution in [0.5, 0.6) is 11.5 Å². The number of furan rings is 1. The van der Waals surface area contributed by atoms with Gasteiger partial charge in [0, 0.05) is 44.0 Å². The van der Waals surface area contributed by atoms with Crippen LogP contribution in [0, 0.1) is 0 Å². The predicted molar refractivity (Wildman–Crippen MR) is 190 cm³/mol. The number of fused-ring (bicyclic) bond motifs is 1. The summed E-state index contributed by atoms with van der Waals surface area (Å²) in [5.41, 5.74) is 2.40. The van der Waals surface area contributed by atoms with Crippen molar-refractivity contribution in [1.29, 1.82) is 0 Å². The molecule has 4 aromatic carbocycles. The van der Waals surface area contributed by atoms with Gasteiger partial charge < -0.3 is 29.8 Å². The number of carbonyl (C=O) groups excluding carboxylic acids is 3. The molecule has 2 heterocycles. The molecule has 1 atom stereocenters. The Labute approximate surface area is 289 Å². The molecule has 0 unspecified atom stereocenters. The lowest BCUT2D eigenvalue weighted by Crippen LogP contribution is -2.30. The summed E-state index contributed by atoms with van der Waals surface area (Å²) in [5, 5.41) is 8.08. The molecule has 6 rings (SSSR count). The first kappa shape index (κ1) is 32.7. The summed E-state index contributed by atoms with van der Waals surface area (Å²) in [6, 6.07) is 32.2. The first-order chi connectivity index (χ1) is 23.3. The molecule has 11 heteroatoms. The van der Waals surface area contributed by atoms with Crippen molar-refractivity contribution in [3.05, 3.63) is 131 Å². The smallest absolute Gasteiger partial charge is 0.272 e. The van der Waals surface area contributed by atoms with Crippen LogP contribution in [-0.2, 0) is 9.59 Å². The maximum Gasteiger partial charge on any atom is 0.272 e. The molecule has 0 saturated carbocycles. The zero-order valence-electron chi connectivity index (χ0n) is 25.7. The van der Waals surface area contributed by atoms with E-state index in [0.29, 0.717) is 53.2 Å². The van der Waals surface area contributed by atoms with Gasteiger partial charge in [-0.15, -0.1) is 11.8 Å². The van der Waals surface area contributed by atoms with Crippen LogP contribution in [0.25, 0.3) is 17.4 Å². The highest BCUT2D eigenvalue weighted by Crippen LogP contribution is 2.33. The van der Waals surface area contributed by atoms with E-state index in [0.717, 1.165) is 14.9 Å². The first-order valence-electron chi connectivity index (χ1n) is 15.0. The highest BCUT2D eigenvalue weighted by atomic mass is 79.9. The molecular weight excluding hydrogens is 694 g/mol. The van der Waals surface area contributed by atoms with Crippen molar-refractivity contribution < 1.29 is 28.3 Å². The summed E-state index contributed by atoms with van der Waals surface area (Å²) in [6.45, 7) is 2.78. The van der Waals surface area contributed by atoms with Gasteiger partial charge in [-0.3, -0.25) is 14.4 Å². The van der Waals surface area contributed by atoms with Gasteiger partial charge in [0.05, 0.1) is 5.25 Å². The number of nitrogens with one attached hydrogen (secondary N) is 3. The van der Waals surface area contributed by atoms with Crippen LogP contribution in [0.1, 0.15) is 23.0 Å². The Kier molecular flexibility index (Phi) is 10.3. The number of carbonyl (C=O) groups is 3. The van der Waals surface area contributed by atoms with Crippen molar-refractivity contribution in [3.63, 3.8) is 0 Å². The molecule has 3 amide bonds. The molecule has 0 spiro atoms. The molecular formula is C37H30BrN3O6S. The van der Waals surface area contributed by atoms with Gasteiger partial charge in [0.15, 0.2) is 11.5 Å². The standard InChI is InChI=1S/C37H30BrN3O6S/c1-23(35(42)40-28-13-17-33-34(21-28)46-20-19-45-33)48-30-15-11-27(12-16-30)39-37(44)31(41-36(43)25-5-3-2-4-6-25)22-29-14-18-32(47-29)24-7-9-26(38)10-8-24/h2-18,21-23H,19-20H2,1H3,(H,39,44)(H,40,42)(H,41,43)/b31-22-/t23-/m1/s1. The summed E-state index contributed by atoms with van der Waals surface area (Å²) in [5.74, 6) is 1.12. The number of hydrogen-bond acceptors (Lipinski definition) is 7. The van der Waals surface area contributed by atoms with Crippen LogP contribution in [0.15, 0.2) is 129 Å². The lowest BCUT2D eigenvalue weighted by molar-refractivity contribution is -0.115. The van der Waals surface area contributed by atoms with Crippen LogP contribution in [0.3, 0.4) is 0 Å². The van der Waals surface area contributed by atoms with Crippen molar-refractivity contribution in [2.75, 3.05) is 23.8 Å². The normalized spacial score (nSPS) is 12.9. The molecule has 0 radical (unpaired) electrons. The Balaban J connectivity index is 1.12. The van der Waals surface area contributed by atoms with Crippen molar-refractivity contribution >= 4 is 62.9 Å². The van der Waals surface area contributed by atoms with Gasteiger partial charge in [-0.1, -0.05) is 46.3 Å². The van der Waals surface area contributed by atoms with E-state index < -0.39 is 17.1 Å². The second kappa shape index (κ2) is 15.1. The van der Waals surface area contributed by atoms with Crippen LogP contribution >= 0.6 is 27.7 Å². The minimum absolute atomic E-state index is 0.00319. The molecule has 0 saturated heterocycles. The molecule has 0 bridgehead atoms. The van der Waals surface area contributed by atoms with E-state index in [1.807, 2.05) is 49.4 Å². The van der Waals surface area contributed by atoms with Crippen LogP contribution < -0.4 is 25.4 Å². The molecule has 242 valence electrons. The summed E-state index contributed by atoms with van der Waals surface area (Å²) in [6.07, 6.45) is 1.49. The fraction of sp³-hybridized carbons (Fsp3) is 0.108. The third-order valence-electron chi connectivity index (χ3n) is 7.17. The van der Waals surface area contributed by atoms with E-state index in [4.69, 9.17) is 13.9 Å². The van der Waals surface area contributed by atoms with Gasteiger partial charge in [0.25, 0.3) is 11.8 Å². The lowest BCUT2D eigenvalue weighted by Gasteiger charge is -2.19. The van der Waals surface area contributed by atoms with Gasteiger partial charge >= 0.3 is 0 Å². The van der Waals surface area contributed by atoms with Crippen molar-refractivity contribution in [2.24, 2.45) is 0 Å². The highest BCUT2D eigenvalue weighted by Gasteiger charge is 2.19. The van der Waals surface area contributed by atoms with E-state index in [2.05, 4.69) is 31.9 Å². The number of hydrogen-bond donors (Lipinski definition) is 3. The maximum absolute atomic E-state index is 13.5. The Bertz CT molecular complexity index is 1960. The van der Waals surface area contributed by atoms with E-state index in [-0.39, 0.29) is 11.6 Å². The second-order valence-electron chi connectivity index (χ2n) is 10.7. The lowest BCUT2D eigenvalue weighted by atomic mass is 10.2. The van der Waals surface area contributed by atoms with Crippen LogP contribution in [-0.4, -0.2) is 36.2 Å². The number of amides is 3. The average molecular weight is 725 g/mol. The largest absolute Gasteiger partial charge is 0.486 e. The third-order valence-corrected chi connectivity index (χ3v) is 8.82. The fourth-order valence-electron chi connectivity index (χ4n) is 4.72. The van der Waals surface area contributed by atoms with Gasteiger partial charge in [0.2, 0.25) is 5.91 Å². The van der Waals surface area contributed by atoms with Crippen molar-refractivity contribution in [1.82, 2.24) is 5.32 Å². The Morgan fingerprint density at radius 2 is 1.50 bits per heavy atom. The Hall–Kier alpha value is -5.26. The molecule has 5 aromatic rings. The maximum atomic E-state index is 13.5. The SMILES string of the molecule is C[C@@H](Sc1ccc(NC(=O)/C(=C/c2ccc(-c3ccc(Br)cc3)o2)NC(=O)c2ccccc2)cc1)C(=O)Nc1ccc2c(c1)OCCO2. The fourth-order valence-corrected chi connectivity index (χ4v) is 5.85. The zero-order valence-corrected chi connectivity index (χ0v) is 28.1. The minimum Gasteiger partial charge on any atom is -0.486 e. The number of anilines is 2. The molecule has 1 aromatic heterocycles. The monoisotopic (exact) mass is 723 g/mol. The molecule has 0 aliphatic carbocycles. The zero-order chi connectivity index (χ0) is 33.5. The number of rotatable bonds is 10. The van der Waals surface area contributed by atoms with E-state index in [1.165, 1.54) is 17.8 Å². The van der Waals surface area contributed by atoms with Crippen LogP contribution in [0.4, 0.5) is 11.4 Å². The summed E-state index contributed by atoms with van der Waals surface area (Å²) in [7, 11) is 0. The number of ether oxygens (including phenoxy) is 2. The minimum atomic E-state index is -0.534. The number of halogens is 1. The summed E-state index contributed by atoms with van der Waals surface area (Å²) in [4.78, 5) is 40.3. The van der Waals surface area contributed by atoms with Crippen molar-refractivity contribution in [3.8, 4) is 22.8 Å². The molecule has 9 nitrogen and oxygen atoms in total. The summed E-state index contributed by atoms with van der Waals surface area (Å²) < 4.78 is 18.1. The quantitative estimate of drug-likeness (QED) is 0.0987. The van der Waals surface area contributed by atoms with E-state index >= 15 is 0 Å². The Morgan fingerprint density at radius 3 is 2.25 bits per heavy atom. The van der Waals surface area contributed by atoms with Crippen molar-refractivity contribution in [2.45, 2.75) is 17.1 Å². The van der Waals surface area contributed by atoms with Gasteiger partial charge in [-0.25, -0.2) is 0 Å². The molecule has 0 fully saturated rings. The molecule has 3 N–H and O–H groups in total. The summed E-state index contributed by atoms with van der Waals surface area (Å²) >= 11 is 4.81. The highest BCUT2D eigenvalue weighted by molar-refractivity contribution is 9.10. The van der Waals surface area contributed by atoms with Gasteiger partial charge in [0.1, 0.15) is 30.4 Å². The van der Waals surface area contributed by atoms with Gasteiger partial charge in [-0.2, -0.15) is 0 Å². The Morgan fingerprint density at radius 1 is 0.792 bits per heavy atom. The predicted octanol–water partition coefficient (Wildman–Crippen LogP) is 8.01. The molecule has 1 aliphatic rings. The first-order valence-corrected chi connectivity index (χ1v) is 16.7. The topological polar surface area (TPSA) is 119 Å². The molecule has 1 aliphatic heterocycles. The van der Waals surface area contributed by atoms with Crippen LogP contribution in [0.2, 0.25) is 0 Å². The molecule has 48 heavy (non-hydrogen) atoms. The van der Waals surface area contributed by atoms with E-state index in [9.17, 15) is 14.4 Å².